The molecule has 1 aromatic carbocycles. The number of methoxy groups -OCH3 is 1. The normalized spacial score (nSPS) is 15.4. The minimum atomic E-state index is -1.68. The highest BCUT2D eigenvalue weighted by molar-refractivity contribution is 5.74. The molecule has 9 heteroatoms. The molecule has 0 aliphatic carbocycles. The van der Waals surface area contributed by atoms with Crippen molar-refractivity contribution in [3.63, 3.8) is 0 Å². The molecule has 0 fully saturated rings. The van der Waals surface area contributed by atoms with Crippen molar-refractivity contribution in [3.05, 3.63) is 0 Å². The van der Waals surface area contributed by atoms with E-state index < -0.39 is 17.2 Å². The van der Waals surface area contributed by atoms with Crippen molar-refractivity contribution in [2.75, 3.05) is 33.5 Å². The van der Waals surface area contributed by atoms with E-state index in [1.54, 1.807) is 7.11 Å². The molecule has 0 heterocycles. The lowest BCUT2D eigenvalue weighted by atomic mass is 9.99. The van der Waals surface area contributed by atoms with Gasteiger partial charge in [-0.2, -0.15) is 0 Å². The van der Waals surface area contributed by atoms with Crippen molar-refractivity contribution < 1.29 is 42.6 Å². The van der Waals surface area contributed by atoms with Gasteiger partial charge in [0.2, 0.25) is 34.5 Å². The molecule has 0 aliphatic heterocycles. The van der Waals surface area contributed by atoms with Gasteiger partial charge in [-0.1, -0.05) is 48.0 Å². The first-order chi connectivity index (χ1) is 21.1. The Bertz CT molecular complexity index is 982. The van der Waals surface area contributed by atoms with Gasteiger partial charge in [0.1, 0.15) is 5.60 Å². The van der Waals surface area contributed by atoms with E-state index in [9.17, 15) is 0 Å². The van der Waals surface area contributed by atoms with Gasteiger partial charge in [0.15, 0.2) is 5.60 Å². The van der Waals surface area contributed by atoms with Gasteiger partial charge in [-0.15, -0.1) is 0 Å². The molecule has 0 aliphatic rings. The van der Waals surface area contributed by atoms with E-state index in [-0.39, 0.29) is 23.9 Å². The molecule has 0 aromatic heterocycles. The van der Waals surface area contributed by atoms with Crippen LogP contribution in [0.2, 0.25) is 0 Å². The van der Waals surface area contributed by atoms with Crippen LogP contribution in [0.1, 0.15) is 129 Å². The lowest BCUT2D eigenvalue weighted by Crippen LogP contribution is -2.61. The van der Waals surface area contributed by atoms with Gasteiger partial charge in [-0.3, -0.25) is 0 Å². The summed E-state index contributed by atoms with van der Waals surface area (Å²) in [7, 11) is 1.63. The monoisotopic (exact) mass is 642 g/mol. The number of hydrogen-bond acceptors (Lipinski definition) is 9. The first kappa shape index (κ1) is 40.9. The number of rotatable bonds is 23. The van der Waals surface area contributed by atoms with Crippen molar-refractivity contribution in [1.82, 2.24) is 0 Å². The standard InChI is InChI=1S/C36H66O9/c1-16-21-23-38-28-29(39-24-25(6)7)31(43-27(10)18-3)32(44-34(11,12)13)33(30(28)42-26(8)9)45-36(40-20-5,41-22-17-2)35(14,19-4)37-15/h25-27H,16-24H2,1-15H3. The van der Waals surface area contributed by atoms with Gasteiger partial charge in [0, 0.05) is 7.11 Å². The molecule has 1 rings (SSSR count). The average Bonchev–Trinajstić information content (AvgIpc) is 2.97. The van der Waals surface area contributed by atoms with Crippen LogP contribution in [0, 0.1) is 5.92 Å². The van der Waals surface area contributed by atoms with Crippen molar-refractivity contribution in [3.8, 4) is 34.5 Å². The molecule has 264 valence electrons. The van der Waals surface area contributed by atoms with Crippen LogP contribution >= 0.6 is 0 Å². The molecular weight excluding hydrogens is 576 g/mol. The Labute approximate surface area is 274 Å². The number of hydrogen-bond donors (Lipinski definition) is 0. The Hall–Kier alpha value is -2.10. The van der Waals surface area contributed by atoms with Crippen molar-refractivity contribution >= 4 is 0 Å². The molecule has 0 radical (unpaired) electrons. The van der Waals surface area contributed by atoms with Crippen LogP contribution < -0.4 is 28.4 Å². The van der Waals surface area contributed by atoms with Crippen LogP contribution in [0.3, 0.4) is 0 Å². The molecule has 3 atom stereocenters. The summed E-state index contributed by atoms with van der Waals surface area (Å²) in [4.78, 5) is 0. The van der Waals surface area contributed by atoms with E-state index in [0.717, 1.165) is 25.7 Å². The van der Waals surface area contributed by atoms with Gasteiger partial charge in [-0.25, -0.2) is 0 Å². The maximum Gasteiger partial charge on any atom is 0.357 e. The minimum absolute atomic E-state index is 0.171. The Kier molecular flexibility index (Phi) is 17.2. The Morgan fingerprint density at radius 3 is 1.71 bits per heavy atom. The fourth-order valence-electron chi connectivity index (χ4n) is 4.24. The van der Waals surface area contributed by atoms with E-state index in [1.807, 2.05) is 69.2 Å². The van der Waals surface area contributed by atoms with E-state index in [4.69, 9.17) is 42.6 Å². The second kappa shape index (κ2) is 18.9. The molecule has 3 unspecified atom stereocenters. The van der Waals surface area contributed by atoms with Crippen molar-refractivity contribution in [2.45, 2.75) is 158 Å². The average molecular weight is 643 g/mol. The van der Waals surface area contributed by atoms with Gasteiger partial charge >= 0.3 is 5.97 Å². The first-order valence-electron chi connectivity index (χ1n) is 17.1. The van der Waals surface area contributed by atoms with E-state index in [0.29, 0.717) is 61.6 Å². The molecule has 9 nitrogen and oxygen atoms in total. The fraction of sp³-hybridized carbons (Fsp3) is 0.833. The summed E-state index contributed by atoms with van der Waals surface area (Å²) >= 11 is 0. The topological polar surface area (TPSA) is 83.1 Å². The number of ether oxygens (including phenoxy) is 9. The minimum Gasteiger partial charge on any atom is -0.486 e. The van der Waals surface area contributed by atoms with E-state index in [2.05, 4.69) is 27.7 Å². The van der Waals surface area contributed by atoms with Crippen molar-refractivity contribution in [2.24, 2.45) is 5.92 Å². The fourth-order valence-corrected chi connectivity index (χ4v) is 4.24. The maximum absolute atomic E-state index is 7.05. The van der Waals surface area contributed by atoms with Gasteiger partial charge < -0.3 is 42.6 Å². The molecule has 45 heavy (non-hydrogen) atoms. The van der Waals surface area contributed by atoms with Gasteiger partial charge in [-0.05, 0) is 87.0 Å². The van der Waals surface area contributed by atoms with Crippen LogP contribution in [-0.2, 0) is 14.2 Å². The zero-order valence-corrected chi connectivity index (χ0v) is 31.3. The Morgan fingerprint density at radius 2 is 1.24 bits per heavy atom. The second-order valence-corrected chi connectivity index (χ2v) is 13.3. The van der Waals surface area contributed by atoms with Crippen LogP contribution in [0.5, 0.6) is 34.5 Å². The predicted octanol–water partition coefficient (Wildman–Crippen LogP) is 9.35. The molecular formula is C36H66O9. The highest BCUT2D eigenvalue weighted by Crippen LogP contribution is 2.60. The molecule has 0 saturated carbocycles. The van der Waals surface area contributed by atoms with Gasteiger partial charge in [0.25, 0.3) is 0 Å². The molecule has 0 bridgehead atoms. The van der Waals surface area contributed by atoms with E-state index in [1.165, 1.54) is 0 Å². The van der Waals surface area contributed by atoms with Crippen LogP contribution in [0.25, 0.3) is 0 Å². The molecule has 0 amide bonds. The smallest absolute Gasteiger partial charge is 0.357 e. The van der Waals surface area contributed by atoms with Gasteiger partial charge in [0.05, 0.1) is 38.6 Å². The summed E-state index contributed by atoms with van der Waals surface area (Å²) in [6, 6.07) is 0. The second-order valence-electron chi connectivity index (χ2n) is 13.3. The number of benzene rings is 1. The third-order valence-electron chi connectivity index (χ3n) is 7.04. The van der Waals surface area contributed by atoms with Crippen molar-refractivity contribution in [1.29, 1.82) is 0 Å². The van der Waals surface area contributed by atoms with E-state index >= 15 is 0 Å². The largest absolute Gasteiger partial charge is 0.486 e. The zero-order chi connectivity index (χ0) is 34.4. The number of unbranched alkanes of at least 4 members (excludes halogenated alkanes) is 1. The summed E-state index contributed by atoms with van der Waals surface area (Å²) in [5.74, 6) is 0.639. The third-order valence-corrected chi connectivity index (χ3v) is 7.04. The predicted molar refractivity (Wildman–Crippen MR) is 181 cm³/mol. The van der Waals surface area contributed by atoms with Crippen LogP contribution in [-0.4, -0.2) is 62.9 Å². The maximum atomic E-state index is 7.05. The summed E-state index contributed by atoms with van der Waals surface area (Å²) in [6.07, 6.45) is 3.38. The van der Waals surface area contributed by atoms with Crippen LogP contribution in [0.15, 0.2) is 0 Å². The molecule has 0 spiro atoms. The quantitative estimate of drug-likeness (QED) is 0.0856. The molecule has 0 N–H and O–H groups in total. The van der Waals surface area contributed by atoms with Crippen LogP contribution in [0.4, 0.5) is 0 Å². The summed E-state index contributed by atoms with van der Waals surface area (Å²) in [5, 5.41) is 0. The highest BCUT2D eigenvalue weighted by atomic mass is 16.9. The molecule has 1 aromatic rings. The lowest BCUT2D eigenvalue weighted by molar-refractivity contribution is -0.411. The zero-order valence-electron chi connectivity index (χ0n) is 31.3. The third kappa shape index (κ3) is 11.6. The summed E-state index contributed by atoms with van der Waals surface area (Å²) < 4.78 is 59.2. The summed E-state index contributed by atoms with van der Waals surface area (Å²) in [6.45, 7) is 29.6. The lowest BCUT2D eigenvalue weighted by Gasteiger charge is -2.45. The highest BCUT2D eigenvalue weighted by Gasteiger charge is 2.55. The Balaban J connectivity index is 4.51. The first-order valence-corrected chi connectivity index (χ1v) is 17.1. The summed E-state index contributed by atoms with van der Waals surface area (Å²) in [5.41, 5.74) is -1.69. The SMILES string of the molecule is CCCCOc1c(OCC(C)C)c(OC(C)CC)c(OC(C)(C)C)c(OC(OCC)(OCCC)C(C)(CC)OC)c1OC(C)C. The molecule has 0 saturated heterocycles. The Morgan fingerprint density at radius 1 is 0.644 bits per heavy atom.